The number of nitrogens with zero attached hydrogens (tertiary/aromatic N) is 3. The zero-order valence-electron chi connectivity index (χ0n) is 13.6. The van der Waals surface area contributed by atoms with Gasteiger partial charge in [-0.25, -0.2) is 13.8 Å². The van der Waals surface area contributed by atoms with Crippen molar-refractivity contribution in [2.75, 3.05) is 18.0 Å². The number of anilines is 1. The second kappa shape index (κ2) is 5.25. The van der Waals surface area contributed by atoms with E-state index >= 15 is 0 Å². The minimum absolute atomic E-state index is 0.272. The molecule has 1 aliphatic carbocycles. The van der Waals surface area contributed by atoms with Crippen molar-refractivity contribution < 1.29 is 13.5 Å². The Morgan fingerprint density at radius 3 is 2.72 bits per heavy atom. The van der Waals surface area contributed by atoms with Crippen LogP contribution in [0, 0.1) is 0 Å². The Hall–Kier alpha value is -2.50. The second-order valence-corrected chi connectivity index (χ2v) is 6.92. The molecular weight excluding hydrogens is 324 g/mol. The minimum Gasteiger partial charge on any atom is -0.490 e. The molecule has 1 aromatic heterocycles. The van der Waals surface area contributed by atoms with Crippen LogP contribution in [0.15, 0.2) is 41.5 Å². The third-order valence-corrected chi connectivity index (χ3v) is 4.76. The molecule has 0 N–H and O–H groups in total. The van der Waals surface area contributed by atoms with Gasteiger partial charge in [-0.2, -0.15) is 0 Å². The average molecular weight is 341 g/mol. The van der Waals surface area contributed by atoms with Crippen molar-refractivity contribution in [2.45, 2.75) is 31.4 Å². The number of halogens is 2. The molecule has 0 unspecified atom stereocenters. The summed E-state index contributed by atoms with van der Waals surface area (Å²) in [5.41, 5.74) is 4.01. The highest BCUT2D eigenvalue weighted by molar-refractivity contribution is 6.15. The first-order valence-electron chi connectivity index (χ1n) is 8.51. The first kappa shape index (κ1) is 14.8. The van der Waals surface area contributed by atoms with E-state index in [9.17, 15) is 8.78 Å². The van der Waals surface area contributed by atoms with Gasteiger partial charge in [0.05, 0.1) is 31.4 Å². The lowest BCUT2D eigenvalue weighted by Crippen LogP contribution is -2.56. The Labute approximate surface area is 144 Å². The number of hydrogen-bond donors (Lipinski definition) is 0. The molecule has 2 aromatic rings. The molecule has 6 heteroatoms. The van der Waals surface area contributed by atoms with E-state index in [0.29, 0.717) is 18.5 Å². The number of pyridine rings is 1. The maximum atomic E-state index is 13.1. The molecule has 0 radical (unpaired) electrons. The molecular formula is C19H17F2N3O. The number of fused-ring (bicyclic) bond motifs is 1. The van der Waals surface area contributed by atoms with Crippen LogP contribution >= 0.6 is 0 Å². The number of aliphatic imine (C=N–C) groups is 1. The van der Waals surface area contributed by atoms with Crippen LogP contribution in [0.4, 0.5) is 14.6 Å². The highest BCUT2D eigenvalue weighted by Gasteiger charge is 2.44. The molecule has 5 rings (SSSR count). The fraction of sp³-hybridized carbons (Fsp3) is 0.368. The van der Waals surface area contributed by atoms with Crippen LogP contribution in [0.3, 0.4) is 0 Å². The van der Waals surface area contributed by atoms with E-state index in [1.165, 1.54) is 0 Å². The fourth-order valence-electron chi connectivity index (χ4n) is 3.27. The summed E-state index contributed by atoms with van der Waals surface area (Å²) in [5.74, 6) is -1.16. The summed E-state index contributed by atoms with van der Waals surface area (Å²) in [4.78, 5) is 10.5. The van der Waals surface area contributed by atoms with E-state index in [2.05, 4.69) is 16.0 Å². The summed E-state index contributed by atoms with van der Waals surface area (Å²) in [7, 11) is 0. The molecule has 1 saturated heterocycles. The van der Waals surface area contributed by atoms with Crippen molar-refractivity contribution in [1.82, 2.24) is 4.98 Å². The summed E-state index contributed by atoms with van der Waals surface area (Å²) in [6.45, 7) is 0.0889. The number of rotatable bonds is 4. The molecule has 2 aliphatic heterocycles. The third kappa shape index (κ3) is 2.75. The fourth-order valence-corrected chi connectivity index (χ4v) is 3.27. The molecule has 0 bridgehead atoms. The Morgan fingerprint density at radius 1 is 1.12 bits per heavy atom. The molecule has 2 fully saturated rings. The number of benzene rings is 1. The summed E-state index contributed by atoms with van der Waals surface area (Å²) >= 11 is 0. The standard InChI is InChI=1S/C19H17F2N3O/c20-19(21)10-24(11-19)17-7-12(5-6-22-17)18-16-8-15(25-14-3-4-14)2-1-13(16)9-23-18/h1-2,5-8,14H,3-4,9-11H2. The maximum Gasteiger partial charge on any atom is 0.282 e. The van der Waals surface area contributed by atoms with Gasteiger partial charge >= 0.3 is 0 Å². The summed E-state index contributed by atoms with van der Waals surface area (Å²) in [6.07, 6.45) is 4.24. The lowest BCUT2D eigenvalue weighted by atomic mass is 10.00. The van der Waals surface area contributed by atoms with E-state index in [1.807, 2.05) is 24.3 Å². The Kier molecular flexibility index (Phi) is 3.11. The van der Waals surface area contributed by atoms with Gasteiger partial charge in [-0.05, 0) is 42.7 Å². The van der Waals surface area contributed by atoms with Crippen LogP contribution in [0.1, 0.15) is 29.5 Å². The Balaban J connectivity index is 1.43. The largest absolute Gasteiger partial charge is 0.490 e. The highest BCUT2D eigenvalue weighted by Crippen LogP contribution is 2.33. The zero-order valence-corrected chi connectivity index (χ0v) is 13.6. The molecule has 128 valence electrons. The molecule has 1 aromatic carbocycles. The van der Waals surface area contributed by atoms with Crippen molar-refractivity contribution in [1.29, 1.82) is 0 Å². The first-order valence-corrected chi connectivity index (χ1v) is 8.51. The highest BCUT2D eigenvalue weighted by atomic mass is 19.3. The lowest BCUT2D eigenvalue weighted by Gasteiger charge is -2.39. The van der Waals surface area contributed by atoms with Crippen molar-refractivity contribution in [3.05, 3.63) is 53.2 Å². The van der Waals surface area contributed by atoms with Crippen LogP contribution in [-0.2, 0) is 6.54 Å². The van der Waals surface area contributed by atoms with Crippen LogP contribution < -0.4 is 9.64 Å². The van der Waals surface area contributed by atoms with Crippen molar-refractivity contribution in [3.63, 3.8) is 0 Å². The maximum absolute atomic E-state index is 13.1. The van der Waals surface area contributed by atoms with Gasteiger partial charge in [0.2, 0.25) is 0 Å². The number of hydrogen-bond acceptors (Lipinski definition) is 4. The molecule has 1 saturated carbocycles. The van der Waals surface area contributed by atoms with E-state index in [0.717, 1.165) is 41.0 Å². The monoisotopic (exact) mass is 341 g/mol. The quantitative estimate of drug-likeness (QED) is 0.855. The van der Waals surface area contributed by atoms with Crippen LogP contribution in [-0.4, -0.2) is 35.8 Å². The van der Waals surface area contributed by atoms with Gasteiger partial charge in [0.15, 0.2) is 0 Å². The van der Waals surface area contributed by atoms with E-state index in [1.54, 1.807) is 11.1 Å². The second-order valence-electron chi connectivity index (χ2n) is 6.92. The number of alkyl halides is 2. The van der Waals surface area contributed by atoms with Gasteiger partial charge < -0.3 is 9.64 Å². The van der Waals surface area contributed by atoms with Crippen molar-refractivity contribution >= 4 is 11.5 Å². The van der Waals surface area contributed by atoms with Gasteiger partial charge in [-0.15, -0.1) is 0 Å². The van der Waals surface area contributed by atoms with E-state index in [4.69, 9.17) is 4.74 Å². The molecule has 0 amide bonds. The molecule has 3 heterocycles. The Morgan fingerprint density at radius 2 is 1.96 bits per heavy atom. The van der Waals surface area contributed by atoms with Crippen LogP contribution in [0.5, 0.6) is 5.75 Å². The molecule has 25 heavy (non-hydrogen) atoms. The normalized spacial score (nSPS) is 20.7. The topological polar surface area (TPSA) is 37.7 Å². The average Bonchev–Trinajstić information content (AvgIpc) is 3.29. The van der Waals surface area contributed by atoms with Crippen LogP contribution in [0.2, 0.25) is 0 Å². The molecule has 4 nitrogen and oxygen atoms in total. The number of ether oxygens (including phenoxy) is 1. The van der Waals surface area contributed by atoms with Crippen molar-refractivity contribution in [3.8, 4) is 5.75 Å². The molecule has 0 atom stereocenters. The first-order chi connectivity index (χ1) is 12.1. The summed E-state index contributed by atoms with van der Waals surface area (Å²) in [5, 5.41) is 0. The zero-order chi connectivity index (χ0) is 17.0. The predicted octanol–water partition coefficient (Wildman–Crippen LogP) is 3.43. The third-order valence-electron chi connectivity index (χ3n) is 4.76. The summed E-state index contributed by atoms with van der Waals surface area (Å²) < 4.78 is 32.1. The molecule has 0 spiro atoms. The predicted molar refractivity (Wildman–Crippen MR) is 90.8 cm³/mol. The summed E-state index contributed by atoms with van der Waals surface area (Å²) in [6, 6.07) is 9.82. The van der Waals surface area contributed by atoms with Crippen LogP contribution in [0.25, 0.3) is 0 Å². The lowest BCUT2D eigenvalue weighted by molar-refractivity contribution is -0.0267. The van der Waals surface area contributed by atoms with Gasteiger partial charge in [0.25, 0.3) is 5.92 Å². The van der Waals surface area contributed by atoms with Gasteiger partial charge in [0, 0.05) is 17.3 Å². The SMILES string of the molecule is FC1(F)CN(c2cc(C3=NCc4ccc(OC5CC5)cc43)ccn2)C1. The number of aromatic nitrogens is 1. The van der Waals surface area contributed by atoms with Gasteiger partial charge in [0.1, 0.15) is 11.6 Å². The van der Waals surface area contributed by atoms with E-state index in [-0.39, 0.29) is 13.1 Å². The van der Waals surface area contributed by atoms with Crippen molar-refractivity contribution in [2.24, 2.45) is 4.99 Å². The Bertz CT molecular complexity index is 869. The van der Waals surface area contributed by atoms with Gasteiger partial charge in [-0.3, -0.25) is 4.99 Å². The van der Waals surface area contributed by atoms with E-state index < -0.39 is 5.92 Å². The smallest absolute Gasteiger partial charge is 0.282 e. The van der Waals surface area contributed by atoms with Gasteiger partial charge in [-0.1, -0.05) is 6.07 Å². The molecule has 3 aliphatic rings. The minimum atomic E-state index is -2.61.